The van der Waals surface area contributed by atoms with Crippen LogP contribution in [0.2, 0.25) is 0 Å². The topological polar surface area (TPSA) is 83.8 Å². The van der Waals surface area contributed by atoms with Crippen molar-refractivity contribution in [2.24, 2.45) is 5.92 Å². The van der Waals surface area contributed by atoms with E-state index in [9.17, 15) is 9.59 Å². The highest BCUT2D eigenvalue weighted by molar-refractivity contribution is 5.95. The Bertz CT molecular complexity index is 632. The largest absolute Gasteiger partial charge is 0.459 e. The number of nitrogens with one attached hydrogen (secondary N) is 2. The third kappa shape index (κ3) is 4.94. The van der Waals surface area contributed by atoms with Crippen LogP contribution in [0.15, 0.2) is 22.8 Å². The van der Waals surface area contributed by atoms with Crippen LogP contribution in [0.4, 0.5) is 0 Å². The SMILES string of the molecule is CC(C)C(NC(=O)c1ccco1)C(=O)NCC1(N2CCOCC2)CCCCC1. The van der Waals surface area contributed by atoms with Gasteiger partial charge < -0.3 is 19.8 Å². The van der Waals surface area contributed by atoms with E-state index in [1.54, 1.807) is 12.1 Å². The summed E-state index contributed by atoms with van der Waals surface area (Å²) in [5, 5.41) is 5.98. The Morgan fingerprint density at radius 3 is 2.50 bits per heavy atom. The van der Waals surface area contributed by atoms with Gasteiger partial charge in [0.25, 0.3) is 5.91 Å². The summed E-state index contributed by atoms with van der Waals surface area (Å²) in [5.41, 5.74) is 0.00421. The minimum atomic E-state index is -0.595. The fourth-order valence-electron chi connectivity index (χ4n) is 4.37. The van der Waals surface area contributed by atoms with Crippen molar-refractivity contribution in [3.8, 4) is 0 Å². The molecule has 1 unspecified atom stereocenters. The minimum Gasteiger partial charge on any atom is -0.459 e. The molecule has 3 rings (SSSR count). The summed E-state index contributed by atoms with van der Waals surface area (Å²) < 4.78 is 10.7. The summed E-state index contributed by atoms with van der Waals surface area (Å²) in [6, 6.07) is 2.66. The van der Waals surface area contributed by atoms with E-state index in [2.05, 4.69) is 15.5 Å². The Balaban J connectivity index is 1.63. The number of rotatable bonds is 7. The molecule has 1 aromatic heterocycles. The average Bonchev–Trinajstić information content (AvgIpc) is 3.26. The first-order valence-corrected chi connectivity index (χ1v) is 10.5. The Morgan fingerprint density at radius 2 is 1.89 bits per heavy atom. The number of ether oxygens (including phenoxy) is 1. The summed E-state index contributed by atoms with van der Waals surface area (Å²) in [5.74, 6) is -0.298. The number of hydrogen-bond acceptors (Lipinski definition) is 5. The van der Waals surface area contributed by atoms with Crippen molar-refractivity contribution in [3.05, 3.63) is 24.2 Å². The van der Waals surface area contributed by atoms with Gasteiger partial charge in [0.05, 0.1) is 19.5 Å². The lowest BCUT2D eigenvalue weighted by Gasteiger charge is -2.48. The molecule has 0 spiro atoms. The van der Waals surface area contributed by atoms with Gasteiger partial charge in [-0.1, -0.05) is 33.1 Å². The molecule has 2 aliphatic rings. The van der Waals surface area contributed by atoms with Crippen molar-refractivity contribution in [3.63, 3.8) is 0 Å². The van der Waals surface area contributed by atoms with Crippen molar-refractivity contribution < 1.29 is 18.7 Å². The zero-order chi connectivity index (χ0) is 20.0. The molecule has 1 saturated carbocycles. The van der Waals surface area contributed by atoms with Crippen molar-refractivity contribution in [1.29, 1.82) is 0 Å². The number of nitrogens with zero attached hydrogens (tertiary/aromatic N) is 1. The van der Waals surface area contributed by atoms with Crippen LogP contribution in [0.1, 0.15) is 56.5 Å². The first-order valence-electron chi connectivity index (χ1n) is 10.5. The summed E-state index contributed by atoms with van der Waals surface area (Å²) in [6.07, 6.45) is 7.28. The first-order chi connectivity index (χ1) is 13.5. The summed E-state index contributed by atoms with van der Waals surface area (Å²) in [7, 11) is 0. The molecule has 0 aromatic carbocycles. The van der Waals surface area contributed by atoms with Crippen LogP contribution >= 0.6 is 0 Å². The summed E-state index contributed by atoms with van der Waals surface area (Å²) in [4.78, 5) is 27.8. The molecule has 1 aliphatic heterocycles. The predicted molar refractivity (Wildman–Crippen MR) is 106 cm³/mol. The molecule has 156 valence electrons. The van der Waals surface area contributed by atoms with E-state index in [4.69, 9.17) is 9.15 Å². The first kappa shape index (κ1) is 20.9. The van der Waals surface area contributed by atoms with Gasteiger partial charge >= 0.3 is 0 Å². The zero-order valence-electron chi connectivity index (χ0n) is 17.0. The Morgan fingerprint density at radius 1 is 1.18 bits per heavy atom. The molecular formula is C21H33N3O4. The normalized spacial score (nSPS) is 21.2. The number of morpholine rings is 1. The van der Waals surface area contributed by atoms with E-state index < -0.39 is 6.04 Å². The van der Waals surface area contributed by atoms with E-state index in [-0.39, 0.29) is 29.0 Å². The second-order valence-electron chi connectivity index (χ2n) is 8.27. The molecule has 7 heteroatoms. The van der Waals surface area contributed by atoms with Gasteiger partial charge in [0.1, 0.15) is 6.04 Å². The highest BCUT2D eigenvalue weighted by Gasteiger charge is 2.39. The standard InChI is InChI=1S/C21H33N3O4/c1-16(2)18(23-19(25)17-7-6-12-28-17)20(26)22-15-21(8-4-3-5-9-21)24-10-13-27-14-11-24/h6-7,12,16,18H,3-5,8-11,13-15H2,1-2H3,(H,22,26)(H,23,25). The zero-order valence-corrected chi connectivity index (χ0v) is 17.0. The number of amides is 2. The van der Waals surface area contributed by atoms with Gasteiger partial charge in [-0.25, -0.2) is 0 Å². The van der Waals surface area contributed by atoms with Crippen molar-refractivity contribution >= 4 is 11.8 Å². The Hall–Kier alpha value is -1.86. The highest BCUT2D eigenvalue weighted by Crippen LogP contribution is 2.33. The van der Waals surface area contributed by atoms with Crippen LogP contribution in [-0.4, -0.2) is 61.1 Å². The maximum Gasteiger partial charge on any atom is 0.287 e. The molecule has 28 heavy (non-hydrogen) atoms. The maximum absolute atomic E-state index is 13.0. The number of hydrogen-bond donors (Lipinski definition) is 2. The quantitative estimate of drug-likeness (QED) is 0.744. The Labute approximate surface area is 167 Å². The van der Waals surface area contributed by atoms with Gasteiger partial charge in [0.15, 0.2) is 5.76 Å². The molecular weight excluding hydrogens is 358 g/mol. The molecule has 1 aromatic rings. The number of carbonyl (C=O) groups excluding carboxylic acids is 2. The van der Waals surface area contributed by atoms with E-state index in [0.717, 1.165) is 39.1 Å². The fraction of sp³-hybridized carbons (Fsp3) is 0.714. The lowest BCUT2D eigenvalue weighted by Crippen LogP contribution is -2.61. The maximum atomic E-state index is 13.0. The molecule has 7 nitrogen and oxygen atoms in total. The molecule has 0 bridgehead atoms. The number of carbonyl (C=O) groups is 2. The van der Waals surface area contributed by atoms with Crippen molar-refractivity contribution in [2.75, 3.05) is 32.8 Å². The molecule has 1 atom stereocenters. The third-order valence-electron chi connectivity index (χ3n) is 6.04. The predicted octanol–water partition coefficient (Wildman–Crippen LogP) is 2.19. The monoisotopic (exact) mass is 391 g/mol. The van der Waals surface area contributed by atoms with Gasteiger partial charge in [0.2, 0.25) is 5.91 Å². The van der Waals surface area contributed by atoms with Crippen LogP contribution in [0.3, 0.4) is 0 Å². The van der Waals surface area contributed by atoms with Crippen LogP contribution in [0.25, 0.3) is 0 Å². The Kier molecular flexibility index (Phi) is 7.13. The van der Waals surface area contributed by atoms with Crippen LogP contribution in [0, 0.1) is 5.92 Å². The second-order valence-corrected chi connectivity index (χ2v) is 8.27. The second kappa shape index (κ2) is 9.56. The van der Waals surface area contributed by atoms with E-state index in [0.29, 0.717) is 6.54 Å². The lowest BCUT2D eigenvalue weighted by atomic mass is 9.79. The lowest BCUT2D eigenvalue weighted by molar-refractivity contribution is -0.125. The molecule has 1 saturated heterocycles. The van der Waals surface area contributed by atoms with Gasteiger partial charge in [-0.05, 0) is 30.9 Å². The van der Waals surface area contributed by atoms with Crippen molar-refractivity contribution in [2.45, 2.75) is 57.5 Å². The molecule has 2 fully saturated rings. The summed E-state index contributed by atoms with van der Waals surface area (Å²) in [6.45, 7) is 7.83. The van der Waals surface area contributed by atoms with E-state index in [1.807, 2.05) is 13.8 Å². The minimum absolute atomic E-state index is 0.00421. The van der Waals surface area contributed by atoms with Gasteiger partial charge in [-0.3, -0.25) is 14.5 Å². The van der Waals surface area contributed by atoms with Gasteiger partial charge in [0, 0.05) is 25.2 Å². The third-order valence-corrected chi connectivity index (χ3v) is 6.04. The van der Waals surface area contributed by atoms with Crippen LogP contribution in [-0.2, 0) is 9.53 Å². The van der Waals surface area contributed by atoms with E-state index >= 15 is 0 Å². The average molecular weight is 392 g/mol. The molecule has 2 amide bonds. The smallest absolute Gasteiger partial charge is 0.287 e. The fourth-order valence-corrected chi connectivity index (χ4v) is 4.37. The van der Waals surface area contributed by atoms with E-state index in [1.165, 1.54) is 25.5 Å². The van der Waals surface area contributed by atoms with Gasteiger partial charge in [-0.15, -0.1) is 0 Å². The number of furan rings is 1. The molecule has 0 radical (unpaired) electrons. The van der Waals surface area contributed by atoms with Crippen LogP contribution in [0.5, 0.6) is 0 Å². The molecule has 1 aliphatic carbocycles. The van der Waals surface area contributed by atoms with Crippen molar-refractivity contribution in [1.82, 2.24) is 15.5 Å². The summed E-state index contributed by atoms with van der Waals surface area (Å²) >= 11 is 0. The molecule has 2 heterocycles. The highest BCUT2D eigenvalue weighted by atomic mass is 16.5. The molecule has 2 N–H and O–H groups in total. The van der Waals surface area contributed by atoms with Crippen LogP contribution < -0.4 is 10.6 Å². The van der Waals surface area contributed by atoms with Gasteiger partial charge in [-0.2, -0.15) is 0 Å².